The summed E-state index contributed by atoms with van der Waals surface area (Å²) in [7, 11) is 0. The molecule has 2 saturated heterocycles. The Morgan fingerprint density at radius 3 is 2.69 bits per heavy atom. The Morgan fingerprint density at radius 1 is 1.07 bits per heavy atom. The summed E-state index contributed by atoms with van der Waals surface area (Å²) in [5.41, 5.74) is 2.77. The molecule has 5 rings (SSSR count). The summed E-state index contributed by atoms with van der Waals surface area (Å²) >= 11 is 0. The third-order valence-corrected chi connectivity index (χ3v) is 5.64. The zero-order valence-corrected chi connectivity index (χ0v) is 16.3. The fourth-order valence-electron chi connectivity index (χ4n) is 4.23. The largest absolute Gasteiger partial charge is 0.394 e. The molecule has 0 amide bonds. The lowest BCUT2D eigenvalue weighted by Crippen LogP contribution is -2.46. The Bertz CT molecular complexity index is 958. The van der Waals surface area contributed by atoms with E-state index in [4.69, 9.17) is 4.74 Å². The number of hydrogen-bond acceptors (Lipinski definition) is 8. The number of ether oxygens (including phenoxy) is 1. The number of morpholine rings is 1. The van der Waals surface area contributed by atoms with Gasteiger partial charge >= 0.3 is 0 Å². The van der Waals surface area contributed by atoms with Crippen LogP contribution in [0.25, 0.3) is 11.2 Å². The Hall–Kier alpha value is -2.62. The number of rotatable bonds is 5. The van der Waals surface area contributed by atoms with Gasteiger partial charge in [0, 0.05) is 45.1 Å². The first-order valence-corrected chi connectivity index (χ1v) is 10.1. The molecule has 3 aromatic heterocycles. The summed E-state index contributed by atoms with van der Waals surface area (Å²) in [5.74, 6) is 0.898. The molecule has 0 unspecified atom stereocenters. The number of aromatic nitrogens is 5. The second kappa shape index (κ2) is 8.02. The van der Waals surface area contributed by atoms with Gasteiger partial charge in [0.05, 0.1) is 19.0 Å². The smallest absolute Gasteiger partial charge is 0.167 e. The van der Waals surface area contributed by atoms with Crippen LogP contribution >= 0.6 is 0 Å². The van der Waals surface area contributed by atoms with Gasteiger partial charge in [-0.3, -0.25) is 14.5 Å². The summed E-state index contributed by atoms with van der Waals surface area (Å²) < 4.78 is 8.14. The van der Waals surface area contributed by atoms with Gasteiger partial charge < -0.3 is 14.7 Å². The summed E-state index contributed by atoms with van der Waals surface area (Å²) in [6.45, 7) is 4.13. The average Bonchev–Trinajstić information content (AvgIpc) is 3.44. The minimum atomic E-state index is -0.269. The summed E-state index contributed by atoms with van der Waals surface area (Å²) in [6, 6.07) is 4.03. The molecule has 2 aliphatic rings. The van der Waals surface area contributed by atoms with Gasteiger partial charge in [0.1, 0.15) is 12.6 Å². The van der Waals surface area contributed by atoms with Crippen molar-refractivity contribution in [1.82, 2.24) is 29.4 Å². The normalized spacial score (nSPS) is 23.1. The monoisotopic (exact) mass is 395 g/mol. The van der Waals surface area contributed by atoms with Crippen LogP contribution in [0.4, 0.5) is 5.82 Å². The van der Waals surface area contributed by atoms with E-state index in [9.17, 15) is 5.11 Å². The molecule has 2 atom stereocenters. The second-order valence-electron chi connectivity index (χ2n) is 7.66. The molecule has 29 heavy (non-hydrogen) atoms. The predicted molar refractivity (Wildman–Crippen MR) is 107 cm³/mol. The number of aliphatic hydroxyl groups is 1. The SMILES string of the molecule is OC[C@@H]1CN(Cc2ccncc2)C[C@H](n2cnc3c(N4CCCC4)ncnc32)O1. The maximum atomic E-state index is 9.77. The Morgan fingerprint density at radius 2 is 1.90 bits per heavy atom. The molecule has 2 aliphatic heterocycles. The van der Waals surface area contributed by atoms with Crippen molar-refractivity contribution in [2.45, 2.75) is 31.7 Å². The second-order valence-corrected chi connectivity index (χ2v) is 7.66. The molecule has 2 fully saturated rings. The van der Waals surface area contributed by atoms with Crippen LogP contribution in [0.2, 0.25) is 0 Å². The van der Waals surface area contributed by atoms with E-state index in [2.05, 4.69) is 29.7 Å². The lowest BCUT2D eigenvalue weighted by atomic mass is 10.2. The van der Waals surface area contributed by atoms with Gasteiger partial charge in [0.25, 0.3) is 0 Å². The molecule has 152 valence electrons. The molecule has 0 aromatic carbocycles. The first-order valence-electron chi connectivity index (χ1n) is 10.1. The quantitative estimate of drug-likeness (QED) is 0.689. The van der Waals surface area contributed by atoms with Crippen molar-refractivity contribution >= 4 is 17.0 Å². The predicted octanol–water partition coefficient (Wildman–Crippen LogP) is 1.21. The molecule has 3 aromatic rings. The molecule has 1 N–H and O–H groups in total. The third-order valence-electron chi connectivity index (χ3n) is 5.64. The average molecular weight is 395 g/mol. The maximum Gasteiger partial charge on any atom is 0.167 e. The number of anilines is 1. The summed E-state index contributed by atoms with van der Waals surface area (Å²) in [6.07, 6.45) is 8.83. The van der Waals surface area contributed by atoms with Gasteiger partial charge in [-0.2, -0.15) is 0 Å². The summed E-state index contributed by atoms with van der Waals surface area (Å²) in [5, 5.41) is 9.77. The number of nitrogens with zero attached hydrogens (tertiary/aromatic N) is 7. The van der Waals surface area contributed by atoms with Crippen molar-refractivity contribution < 1.29 is 9.84 Å². The van der Waals surface area contributed by atoms with Crippen LogP contribution in [0.5, 0.6) is 0 Å². The van der Waals surface area contributed by atoms with Gasteiger partial charge in [-0.05, 0) is 30.5 Å². The van der Waals surface area contributed by atoms with E-state index in [1.807, 2.05) is 16.7 Å². The lowest BCUT2D eigenvalue weighted by molar-refractivity contribution is -0.135. The fraction of sp³-hybridized carbons (Fsp3) is 0.500. The molecule has 0 aliphatic carbocycles. The molecule has 9 nitrogen and oxygen atoms in total. The highest BCUT2D eigenvalue weighted by molar-refractivity contribution is 5.83. The zero-order chi connectivity index (χ0) is 19.6. The first-order chi connectivity index (χ1) is 14.3. The number of hydrogen-bond donors (Lipinski definition) is 1. The highest BCUT2D eigenvalue weighted by Gasteiger charge is 2.30. The Kier molecular flexibility index (Phi) is 5.09. The van der Waals surface area contributed by atoms with Crippen LogP contribution in [0.1, 0.15) is 24.6 Å². The van der Waals surface area contributed by atoms with Crippen molar-refractivity contribution in [2.24, 2.45) is 0 Å². The van der Waals surface area contributed by atoms with Crippen molar-refractivity contribution in [2.75, 3.05) is 37.7 Å². The van der Waals surface area contributed by atoms with Crippen molar-refractivity contribution in [1.29, 1.82) is 0 Å². The van der Waals surface area contributed by atoms with Gasteiger partial charge in [-0.15, -0.1) is 0 Å². The van der Waals surface area contributed by atoms with Gasteiger partial charge in [-0.1, -0.05) is 0 Å². The van der Waals surface area contributed by atoms with Crippen LogP contribution in [-0.2, 0) is 11.3 Å². The van der Waals surface area contributed by atoms with Gasteiger partial charge in [-0.25, -0.2) is 15.0 Å². The lowest BCUT2D eigenvalue weighted by Gasteiger charge is -2.37. The van der Waals surface area contributed by atoms with E-state index in [0.29, 0.717) is 13.1 Å². The van der Waals surface area contributed by atoms with Crippen LogP contribution in [0.15, 0.2) is 37.2 Å². The van der Waals surface area contributed by atoms with Crippen LogP contribution in [-0.4, -0.2) is 73.4 Å². The van der Waals surface area contributed by atoms with Crippen molar-refractivity contribution in [3.63, 3.8) is 0 Å². The van der Waals surface area contributed by atoms with E-state index in [0.717, 1.165) is 36.6 Å². The molecule has 0 spiro atoms. The molecular formula is C20H25N7O2. The molecule has 0 saturated carbocycles. The minimum absolute atomic E-state index is 0.0238. The topological polar surface area (TPSA) is 92.4 Å². The number of fused-ring (bicyclic) bond motifs is 1. The van der Waals surface area contributed by atoms with Crippen LogP contribution in [0.3, 0.4) is 0 Å². The van der Waals surface area contributed by atoms with Crippen molar-refractivity contribution in [3.8, 4) is 0 Å². The third kappa shape index (κ3) is 3.68. The summed E-state index contributed by atoms with van der Waals surface area (Å²) in [4.78, 5) is 22.3. The standard InChI is InChI=1S/C20H25N7O2/c28-12-16-10-25(9-15-3-5-21-6-4-15)11-17(29-16)27-14-24-18-19(22-13-23-20(18)27)26-7-1-2-8-26/h3-6,13-14,16-17,28H,1-2,7-12H2/t16-,17+/m0/s1. The van der Waals surface area contributed by atoms with Crippen LogP contribution < -0.4 is 4.90 Å². The Labute approximate surface area is 169 Å². The molecule has 9 heteroatoms. The zero-order valence-electron chi connectivity index (χ0n) is 16.3. The molecule has 0 radical (unpaired) electrons. The van der Waals surface area contributed by atoms with Crippen molar-refractivity contribution in [3.05, 3.63) is 42.7 Å². The highest BCUT2D eigenvalue weighted by atomic mass is 16.5. The van der Waals surface area contributed by atoms with Crippen LogP contribution in [0, 0.1) is 0 Å². The van der Waals surface area contributed by atoms with Gasteiger partial charge in [0.15, 0.2) is 17.0 Å². The van der Waals surface area contributed by atoms with E-state index in [1.165, 1.54) is 18.4 Å². The van der Waals surface area contributed by atoms with E-state index in [1.54, 1.807) is 25.0 Å². The minimum Gasteiger partial charge on any atom is -0.394 e. The number of aliphatic hydroxyl groups excluding tert-OH is 1. The molecular weight excluding hydrogens is 370 g/mol. The Balaban J connectivity index is 1.43. The molecule has 5 heterocycles. The maximum absolute atomic E-state index is 9.77. The fourth-order valence-corrected chi connectivity index (χ4v) is 4.23. The first kappa shape index (κ1) is 18.4. The highest BCUT2D eigenvalue weighted by Crippen LogP contribution is 2.29. The van der Waals surface area contributed by atoms with Gasteiger partial charge in [0.2, 0.25) is 0 Å². The van der Waals surface area contributed by atoms with E-state index in [-0.39, 0.29) is 18.9 Å². The number of imidazole rings is 1. The molecule has 0 bridgehead atoms. The van der Waals surface area contributed by atoms with E-state index >= 15 is 0 Å². The number of pyridine rings is 1. The van der Waals surface area contributed by atoms with E-state index < -0.39 is 0 Å².